The molecule has 1 aromatic carbocycles. The maximum atomic E-state index is 12.4. The first-order valence-electron chi connectivity index (χ1n) is 5.98. The summed E-state index contributed by atoms with van der Waals surface area (Å²) in [6.07, 6.45) is -4.44. The van der Waals surface area contributed by atoms with Gasteiger partial charge in [-0.1, -0.05) is 0 Å². The number of amides is 2. The lowest BCUT2D eigenvalue weighted by Crippen LogP contribution is -2.40. The Labute approximate surface area is 119 Å². The molecule has 0 saturated heterocycles. The highest BCUT2D eigenvalue weighted by Crippen LogP contribution is 2.29. The Morgan fingerprint density at radius 2 is 1.67 bits per heavy atom. The molecule has 1 rings (SSSR count). The van der Waals surface area contributed by atoms with Crippen molar-refractivity contribution < 1.29 is 27.9 Å². The van der Waals surface area contributed by atoms with Crippen molar-refractivity contribution in [3.8, 4) is 0 Å². The Morgan fingerprint density at radius 3 is 2.10 bits per heavy atom. The van der Waals surface area contributed by atoms with Gasteiger partial charge in [-0.25, -0.2) is 4.79 Å². The second-order valence-electron chi connectivity index (χ2n) is 5.07. The molecule has 0 atom stereocenters. The fraction of sp³-hybridized carbons (Fsp3) is 0.385. The predicted octanol–water partition coefficient (Wildman–Crippen LogP) is 2.94. The summed E-state index contributed by atoms with van der Waals surface area (Å²) in [5.41, 5.74) is -1.79. The Hall–Kier alpha value is -2.25. The number of carboxylic acids is 1. The smallest absolute Gasteiger partial charge is 0.416 e. The molecule has 8 heteroatoms. The highest BCUT2D eigenvalue weighted by molar-refractivity contribution is 5.89. The van der Waals surface area contributed by atoms with Crippen molar-refractivity contribution in [2.75, 3.05) is 11.9 Å². The SMILES string of the molecule is CC(C)(CNC(=O)Nc1ccc(C(F)(F)F)cc1)C(=O)O. The van der Waals surface area contributed by atoms with Gasteiger partial charge in [-0.2, -0.15) is 13.2 Å². The molecule has 0 spiro atoms. The average Bonchev–Trinajstić information content (AvgIpc) is 2.36. The molecule has 1 aromatic rings. The van der Waals surface area contributed by atoms with E-state index in [0.717, 1.165) is 24.3 Å². The first-order chi connectivity index (χ1) is 9.52. The number of hydrogen-bond donors (Lipinski definition) is 3. The van der Waals surface area contributed by atoms with Crippen molar-refractivity contribution in [2.24, 2.45) is 5.41 Å². The third-order valence-corrected chi connectivity index (χ3v) is 2.74. The van der Waals surface area contributed by atoms with E-state index < -0.39 is 29.2 Å². The van der Waals surface area contributed by atoms with Crippen LogP contribution in [0.25, 0.3) is 0 Å². The Morgan fingerprint density at radius 1 is 1.14 bits per heavy atom. The molecule has 0 unspecified atom stereocenters. The van der Waals surface area contributed by atoms with E-state index in [9.17, 15) is 22.8 Å². The molecule has 0 saturated carbocycles. The van der Waals surface area contributed by atoms with E-state index >= 15 is 0 Å². The molecule has 21 heavy (non-hydrogen) atoms. The van der Waals surface area contributed by atoms with Gasteiger partial charge in [-0.3, -0.25) is 4.79 Å². The van der Waals surface area contributed by atoms with E-state index in [1.54, 1.807) is 0 Å². The largest absolute Gasteiger partial charge is 0.481 e. The second kappa shape index (κ2) is 6.02. The quantitative estimate of drug-likeness (QED) is 0.800. The standard InChI is InChI=1S/C13H15F3N2O3/c1-12(2,10(19)20)7-17-11(21)18-9-5-3-8(4-6-9)13(14,15)16/h3-6H,7H2,1-2H3,(H,19,20)(H2,17,18,21). The first kappa shape index (κ1) is 16.8. The number of alkyl halides is 3. The molecular formula is C13H15F3N2O3. The van der Waals surface area contributed by atoms with Crippen LogP contribution >= 0.6 is 0 Å². The zero-order chi connectivity index (χ0) is 16.3. The molecule has 0 aliphatic heterocycles. The van der Waals surface area contributed by atoms with E-state index in [1.165, 1.54) is 13.8 Å². The van der Waals surface area contributed by atoms with Crippen LogP contribution in [-0.4, -0.2) is 23.7 Å². The number of aliphatic carboxylic acids is 1. The molecule has 0 radical (unpaired) electrons. The molecule has 5 nitrogen and oxygen atoms in total. The van der Waals surface area contributed by atoms with Crippen LogP contribution in [0.3, 0.4) is 0 Å². The molecule has 0 aliphatic carbocycles. The van der Waals surface area contributed by atoms with Crippen molar-refractivity contribution >= 4 is 17.7 Å². The summed E-state index contributed by atoms with van der Waals surface area (Å²) in [5.74, 6) is -1.07. The molecule has 0 heterocycles. The monoisotopic (exact) mass is 304 g/mol. The van der Waals surface area contributed by atoms with Crippen LogP contribution in [0.2, 0.25) is 0 Å². The lowest BCUT2D eigenvalue weighted by molar-refractivity contribution is -0.146. The van der Waals surface area contributed by atoms with Gasteiger partial charge >= 0.3 is 18.2 Å². The summed E-state index contributed by atoms with van der Waals surface area (Å²) in [6.45, 7) is 2.76. The summed E-state index contributed by atoms with van der Waals surface area (Å²) >= 11 is 0. The highest BCUT2D eigenvalue weighted by Gasteiger charge is 2.30. The fourth-order valence-corrected chi connectivity index (χ4v) is 1.29. The molecule has 0 bridgehead atoms. The second-order valence-corrected chi connectivity index (χ2v) is 5.07. The van der Waals surface area contributed by atoms with Crippen LogP contribution in [0, 0.1) is 5.41 Å². The van der Waals surface area contributed by atoms with Crippen LogP contribution in [0.5, 0.6) is 0 Å². The van der Waals surface area contributed by atoms with Gasteiger partial charge in [-0.15, -0.1) is 0 Å². The van der Waals surface area contributed by atoms with Crippen LogP contribution in [0.4, 0.5) is 23.7 Å². The number of carboxylic acid groups (broad SMARTS) is 1. The molecular weight excluding hydrogens is 289 g/mol. The summed E-state index contributed by atoms with van der Waals surface area (Å²) in [6, 6.07) is 3.23. The Bertz CT molecular complexity index is 524. The topological polar surface area (TPSA) is 78.4 Å². The van der Waals surface area contributed by atoms with E-state index in [2.05, 4.69) is 10.6 Å². The van der Waals surface area contributed by atoms with Crippen LogP contribution < -0.4 is 10.6 Å². The van der Waals surface area contributed by atoms with Gasteiger partial charge in [0.25, 0.3) is 0 Å². The number of hydrogen-bond acceptors (Lipinski definition) is 2. The summed E-state index contributed by atoms with van der Waals surface area (Å²) in [4.78, 5) is 22.4. The van der Waals surface area contributed by atoms with E-state index in [4.69, 9.17) is 5.11 Å². The number of rotatable bonds is 4. The predicted molar refractivity (Wildman–Crippen MR) is 69.9 cm³/mol. The average molecular weight is 304 g/mol. The van der Waals surface area contributed by atoms with Crippen molar-refractivity contribution in [3.63, 3.8) is 0 Å². The van der Waals surface area contributed by atoms with Gasteiger partial charge in [0.05, 0.1) is 11.0 Å². The zero-order valence-electron chi connectivity index (χ0n) is 11.4. The molecule has 3 N–H and O–H groups in total. The fourth-order valence-electron chi connectivity index (χ4n) is 1.29. The number of anilines is 1. The number of carbonyl (C=O) groups is 2. The minimum atomic E-state index is -4.44. The Balaban J connectivity index is 2.58. The van der Waals surface area contributed by atoms with Crippen molar-refractivity contribution in [1.82, 2.24) is 5.32 Å². The number of halogens is 3. The lowest BCUT2D eigenvalue weighted by Gasteiger charge is -2.19. The van der Waals surface area contributed by atoms with Crippen LogP contribution in [0.1, 0.15) is 19.4 Å². The third kappa shape index (κ3) is 4.97. The maximum absolute atomic E-state index is 12.4. The highest BCUT2D eigenvalue weighted by atomic mass is 19.4. The minimum Gasteiger partial charge on any atom is -0.481 e. The zero-order valence-corrected chi connectivity index (χ0v) is 11.4. The van der Waals surface area contributed by atoms with Gasteiger partial charge in [0, 0.05) is 12.2 Å². The van der Waals surface area contributed by atoms with Crippen molar-refractivity contribution in [1.29, 1.82) is 0 Å². The van der Waals surface area contributed by atoms with E-state index in [-0.39, 0.29) is 12.2 Å². The number of nitrogens with one attached hydrogen (secondary N) is 2. The minimum absolute atomic E-state index is 0.116. The van der Waals surface area contributed by atoms with Crippen molar-refractivity contribution in [3.05, 3.63) is 29.8 Å². The van der Waals surface area contributed by atoms with Crippen LogP contribution in [0.15, 0.2) is 24.3 Å². The molecule has 0 aliphatic rings. The summed E-state index contributed by atoms with van der Waals surface area (Å²) in [7, 11) is 0. The maximum Gasteiger partial charge on any atom is 0.416 e. The lowest BCUT2D eigenvalue weighted by atomic mass is 9.94. The van der Waals surface area contributed by atoms with E-state index in [0.29, 0.717) is 0 Å². The van der Waals surface area contributed by atoms with Gasteiger partial charge in [-0.05, 0) is 38.1 Å². The van der Waals surface area contributed by atoms with Crippen molar-refractivity contribution in [2.45, 2.75) is 20.0 Å². The molecule has 2 amide bonds. The summed E-state index contributed by atoms with van der Waals surface area (Å²) in [5, 5.41) is 13.5. The van der Waals surface area contributed by atoms with Gasteiger partial charge in [0.1, 0.15) is 0 Å². The van der Waals surface area contributed by atoms with Gasteiger partial charge in [0.2, 0.25) is 0 Å². The van der Waals surface area contributed by atoms with E-state index in [1.807, 2.05) is 0 Å². The number of benzene rings is 1. The normalized spacial score (nSPS) is 11.9. The number of carbonyl (C=O) groups excluding carboxylic acids is 1. The molecule has 0 aromatic heterocycles. The van der Waals surface area contributed by atoms with Gasteiger partial charge in [0.15, 0.2) is 0 Å². The number of urea groups is 1. The first-order valence-corrected chi connectivity index (χ1v) is 5.98. The van der Waals surface area contributed by atoms with Gasteiger partial charge < -0.3 is 15.7 Å². The summed E-state index contributed by atoms with van der Waals surface area (Å²) < 4.78 is 37.1. The molecule has 116 valence electrons. The van der Waals surface area contributed by atoms with Crippen LogP contribution in [-0.2, 0) is 11.0 Å². The molecule has 0 fully saturated rings. The Kier molecular flexibility index (Phi) is 4.82. The third-order valence-electron chi connectivity index (χ3n) is 2.74.